The van der Waals surface area contributed by atoms with Crippen molar-refractivity contribution in [2.45, 2.75) is 0 Å². The highest BCUT2D eigenvalue weighted by molar-refractivity contribution is 6.11. The highest BCUT2D eigenvalue weighted by Gasteiger charge is 2.21. The molecule has 0 bridgehead atoms. The van der Waals surface area contributed by atoms with Crippen LogP contribution in [0.5, 0.6) is 0 Å². The Labute approximate surface area is 290 Å². The maximum absolute atomic E-state index is 6.48. The molecule has 0 aliphatic rings. The summed E-state index contributed by atoms with van der Waals surface area (Å²) in [6.45, 7) is 0. The zero-order chi connectivity index (χ0) is 33.5. The lowest BCUT2D eigenvalue weighted by molar-refractivity contribution is 0.668. The maximum Gasteiger partial charge on any atom is 0.167 e. The number of benzene rings is 7. The van der Waals surface area contributed by atoms with Crippen molar-refractivity contribution in [2.75, 3.05) is 0 Å². The highest BCUT2D eigenvalue weighted by Crippen LogP contribution is 2.39. The van der Waals surface area contributed by atoms with Crippen molar-refractivity contribution in [1.29, 1.82) is 0 Å². The van der Waals surface area contributed by atoms with Gasteiger partial charge in [-0.1, -0.05) is 103 Å². The number of hydrogen-bond acceptors (Lipinski definition) is 5. The Morgan fingerprint density at radius 1 is 0.373 bits per heavy atom. The maximum atomic E-state index is 6.48. The van der Waals surface area contributed by atoms with Crippen molar-refractivity contribution in [2.24, 2.45) is 0 Å². The smallest absolute Gasteiger partial charge is 0.167 e. The van der Waals surface area contributed by atoms with Crippen LogP contribution in [0.4, 0.5) is 0 Å². The van der Waals surface area contributed by atoms with Crippen LogP contribution in [0, 0.1) is 0 Å². The van der Waals surface area contributed by atoms with E-state index in [9.17, 15) is 0 Å². The third-order valence-corrected chi connectivity index (χ3v) is 9.88. The molecule has 0 spiro atoms. The number of rotatable bonds is 4. The predicted molar refractivity (Wildman–Crippen MR) is 205 cm³/mol. The lowest BCUT2D eigenvalue weighted by atomic mass is 10.1. The molecule has 0 radical (unpaired) electrons. The van der Waals surface area contributed by atoms with Crippen LogP contribution >= 0.6 is 0 Å². The Hall–Kier alpha value is -7.05. The fraction of sp³-hybridized carbons (Fsp3) is 0. The van der Waals surface area contributed by atoms with Gasteiger partial charge in [0.2, 0.25) is 0 Å². The summed E-state index contributed by atoms with van der Waals surface area (Å²) >= 11 is 0. The second-order valence-corrected chi connectivity index (χ2v) is 12.8. The highest BCUT2D eigenvalue weighted by atomic mass is 16.3. The van der Waals surface area contributed by atoms with Crippen LogP contribution in [0.3, 0.4) is 0 Å². The first-order chi connectivity index (χ1) is 25.3. The van der Waals surface area contributed by atoms with E-state index in [0.29, 0.717) is 17.5 Å². The van der Waals surface area contributed by atoms with Gasteiger partial charge in [-0.3, -0.25) is 0 Å². The molecule has 7 aromatic carbocycles. The van der Waals surface area contributed by atoms with Gasteiger partial charge in [0.1, 0.15) is 22.3 Å². The molecular formula is C45H26N4O2. The molecule has 0 aliphatic carbocycles. The molecule has 0 aliphatic heterocycles. The number of hydrogen-bond donors (Lipinski definition) is 0. The van der Waals surface area contributed by atoms with E-state index in [4.69, 9.17) is 23.8 Å². The van der Waals surface area contributed by atoms with Gasteiger partial charge in [-0.2, -0.15) is 0 Å². The summed E-state index contributed by atoms with van der Waals surface area (Å²) in [4.78, 5) is 15.6. The predicted octanol–water partition coefficient (Wildman–Crippen LogP) is 11.8. The third-order valence-electron chi connectivity index (χ3n) is 9.88. The fourth-order valence-electron chi connectivity index (χ4n) is 7.57. The zero-order valence-corrected chi connectivity index (χ0v) is 27.1. The van der Waals surface area contributed by atoms with E-state index in [1.165, 1.54) is 10.8 Å². The summed E-state index contributed by atoms with van der Waals surface area (Å²) in [5, 5.41) is 6.57. The van der Waals surface area contributed by atoms with E-state index < -0.39 is 0 Å². The van der Waals surface area contributed by atoms with Crippen LogP contribution in [0.15, 0.2) is 167 Å². The molecule has 6 heteroatoms. The SMILES string of the molecule is c1ccc(-n2c3ccccc3c3ccccc32)c(-c2nc(-c3ccc4c(c3)oc3ccccc34)nc(-c3cccc4c3oc3ccccc34)n2)c1. The quantitative estimate of drug-likeness (QED) is 0.189. The summed E-state index contributed by atoms with van der Waals surface area (Å²) in [6, 6.07) is 53.9. The van der Waals surface area contributed by atoms with Crippen LogP contribution in [-0.4, -0.2) is 19.5 Å². The molecular weight excluding hydrogens is 629 g/mol. The van der Waals surface area contributed by atoms with Gasteiger partial charge >= 0.3 is 0 Å². The van der Waals surface area contributed by atoms with Crippen LogP contribution in [0.25, 0.3) is 106 Å². The van der Waals surface area contributed by atoms with Gasteiger partial charge in [-0.15, -0.1) is 0 Å². The van der Waals surface area contributed by atoms with Crippen LogP contribution in [0.2, 0.25) is 0 Å². The van der Waals surface area contributed by atoms with Gasteiger partial charge in [-0.05, 0) is 54.6 Å². The first-order valence-electron chi connectivity index (χ1n) is 16.9. The van der Waals surface area contributed by atoms with Crippen LogP contribution in [-0.2, 0) is 0 Å². The molecule has 0 amide bonds. The summed E-state index contributed by atoms with van der Waals surface area (Å²) < 4.78 is 15.1. The van der Waals surface area contributed by atoms with Crippen molar-refractivity contribution in [1.82, 2.24) is 19.5 Å². The minimum Gasteiger partial charge on any atom is -0.456 e. The first kappa shape index (κ1) is 27.9. The van der Waals surface area contributed by atoms with Gasteiger partial charge in [0.25, 0.3) is 0 Å². The number of para-hydroxylation sites is 6. The minimum absolute atomic E-state index is 0.529. The van der Waals surface area contributed by atoms with E-state index in [1.807, 2.05) is 60.7 Å². The van der Waals surface area contributed by atoms with Crippen LogP contribution < -0.4 is 0 Å². The summed E-state index contributed by atoms with van der Waals surface area (Å²) in [5.74, 6) is 1.63. The van der Waals surface area contributed by atoms with E-state index in [0.717, 1.165) is 77.3 Å². The molecule has 0 saturated heterocycles. The van der Waals surface area contributed by atoms with E-state index in [1.54, 1.807) is 0 Å². The van der Waals surface area contributed by atoms with Gasteiger partial charge in [0, 0.05) is 43.4 Å². The van der Waals surface area contributed by atoms with E-state index >= 15 is 0 Å². The monoisotopic (exact) mass is 654 g/mol. The molecule has 4 aromatic heterocycles. The minimum atomic E-state index is 0.529. The summed E-state index contributed by atoms with van der Waals surface area (Å²) in [7, 11) is 0. The van der Waals surface area contributed by atoms with Gasteiger partial charge in [0.15, 0.2) is 17.5 Å². The molecule has 11 aromatic rings. The second kappa shape index (κ2) is 10.7. The topological polar surface area (TPSA) is 69.9 Å². The average Bonchev–Trinajstić information content (AvgIpc) is 3.87. The average molecular weight is 655 g/mol. The Morgan fingerprint density at radius 3 is 1.67 bits per heavy atom. The fourth-order valence-corrected chi connectivity index (χ4v) is 7.57. The Balaban J connectivity index is 1.19. The second-order valence-electron chi connectivity index (χ2n) is 12.8. The van der Waals surface area contributed by atoms with Crippen molar-refractivity contribution >= 4 is 65.7 Å². The van der Waals surface area contributed by atoms with Crippen LogP contribution in [0.1, 0.15) is 0 Å². The number of furan rings is 2. The molecule has 4 heterocycles. The number of aromatic nitrogens is 4. The van der Waals surface area contributed by atoms with Gasteiger partial charge in [-0.25, -0.2) is 15.0 Å². The largest absolute Gasteiger partial charge is 0.456 e. The van der Waals surface area contributed by atoms with Crippen molar-refractivity contribution in [3.63, 3.8) is 0 Å². The Bertz CT molecular complexity index is 3110. The molecule has 0 N–H and O–H groups in total. The lowest BCUT2D eigenvalue weighted by Crippen LogP contribution is -2.03. The molecule has 0 atom stereocenters. The zero-order valence-electron chi connectivity index (χ0n) is 27.1. The number of fused-ring (bicyclic) bond motifs is 9. The van der Waals surface area contributed by atoms with Gasteiger partial charge in [0.05, 0.1) is 22.3 Å². The normalized spacial score (nSPS) is 11.9. The lowest BCUT2D eigenvalue weighted by Gasteiger charge is -2.14. The van der Waals surface area contributed by atoms with E-state index in [2.05, 4.69) is 102 Å². The van der Waals surface area contributed by atoms with Crippen molar-refractivity contribution < 1.29 is 8.83 Å². The Morgan fingerprint density at radius 2 is 0.902 bits per heavy atom. The third kappa shape index (κ3) is 4.20. The molecule has 0 fully saturated rings. The Kier molecular flexibility index (Phi) is 5.86. The molecule has 51 heavy (non-hydrogen) atoms. The summed E-state index contributed by atoms with van der Waals surface area (Å²) in [5.41, 5.74) is 8.91. The number of nitrogens with zero attached hydrogens (tertiary/aromatic N) is 4. The van der Waals surface area contributed by atoms with Gasteiger partial charge < -0.3 is 13.4 Å². The molecule has 11 rings (SSSR count). The van der Waals surface area contributed by atoms with Crippen molar-refractivity contribution in [3.05, 3.63) is 158 Å². The first-order valence-corrected chi connectivity index (χ1v) is 16.9. The molecule has 238 valence electrons. The standard InChI is InChI=1S/C45H26N4O2/c1-6-19-36-28(12-1)29-13-2-7-20-37(29)49(36)38-21-8-3-16-34(38)44-46-43(27-24-25-32-30-14-4-9-22-39(30)50-41(32)26-27)47-45(48-44)35-18-11-17-33-31-15-5-10-23-40(31)51-42(33)35/h1-26H. The van der Waals surface area contributed by atoms with E-state index in [-0.39, 0.29) is 0 Å². The molecule has 6 nitrogen and oxygen atoms in total. The molecule has 0 saturated carbocycles. The van der Waals surface area contributed by atoms with Crippen molar-refractivity contribution in [3.8, 4) is 39.9 Å². The summed E-state index contributed by atoms with van der Waals surface area (Å²) in [6.07, 6.45) is 0. The molecule has 0 unspecified atom stereocenters.